The lowest BCUT2D eigenvalue weighted by Gasteiger charge is -2.31. The van der Waals surface area contributed by atoms with E-state index < -0.39 is 0 Å². The number of nitrogens with zero attached hydrogens (tertiary/aromatic N) is 1. The molecule has 2 heterocycles. The highest BCUT2D eigenvalue weighted by Crippen LogP contribution is 2.19. The first-order valence-electron chi connectivity index (χ1n) is 7.89. The average Bonchev–Trinajstić information content (AvgIpc) is 3.08. The maximum Gasteiger partial charge on any atom is 0.257 e. The minimum atomic E-state index is -0.0238. The van der Waals surface area contributed by atoms with Crippen molar-refractivity contribution >= 4 is 11.8 Å². The molecule has 1 aromatic heterocycles. The van der Waals surface area contributed by atoms with Crippen LogP contribution in [0.15, 0.2) is 23.0 Å². The number of amides is 2. The SMILES string of the molecule is CCOCCCNC(=O)C1CCN(C(=O)c2ccoc2)CC1. The zero-order valence-corrected chi connectivity index (χ0v) is 13.0. The maximum absolute atomic E-state index is 12.2. The van der Waals surface area contributed by atoms with Gasteiger partial charge in [-0.2, -0.15) is 0 Å². The van der Waals surface area contributed by atoms with Gasteiger partial charge in [0.25, 0.3) is 5.91 Å². The van der Waals surface area contributed by atoms with Crippen LogP contribution in [-0.4, -0.2) is 49.6 Å². The van der Waals surface area contributed by atoms with Gasteiger partial charge in [-0.3, -0.25) is 9.59 Å². The third-order valence-corrected chi connectivity index (χ3v) is 3.89. The molecule has 0 saturated carbocycles. The molecule has 0 aromatic carbocycles. The van der Waals surface area contributed by atoms with E-state index in [1.54, 1.807) is 11.0 Å². The molecule has 0 aliphatic carbocycles. The third-order valence-electron chi connectivity index (χ3n) is 3.89. The van der Waals surface area contributed by atoms with Crippen molar-refractivity contribution in [3.63, 3.8) is 0 Å². The van der Waals surface area contributed by atoms with Gasteiger partial charge in [0.05, 0.1) is 11.8 Å². The minimum absolute atomic E-state index is 0.000457. The molecule has 122 valence electrons. The molecule has 1 N–H and O–H groups in total. The monoisotopic (exact) mass is 308 g/mol. The summed E-state index contributed by atoms with van der Waals surface area (Å²) in [5, 5.41) is 2.95. The van der Waals surface area contributed by atoms with Gasteiger partial charge in [-0.25, -0.2) is 0 Å². The van der Waals surface area contributed by atoms with Crippen LogP contribution in [0, 0.1) is 5.92 Å². The summed E-state index contributed by atoms with van der Waals surface area (Å²) in [4.78, 5) is 26.0. The van der Waals surface area contributed by atoms with Gasteiger partial charge in [0.1, 0.15) is 6.26 Å². The first-order valence-corrected chi connectivity index (χ1v) is 7.89. The molecule has 6 nitrogen and oxygen atoms in total. The molecule has 1 aromatic rings. The second kappa shape index (κ2) is 8.58. The number of rotatable bonds is 7. The highest BCUT2D eigenvalue weighted by molar-refractivity contribution is 5.94. The topological polar surface area (TPSA) is 71.8 Å². The van der Waals surface area contributed by atoms with Crippen LogP contribution in [0.2, 0.25) is 0 Å². The predicted octanol–water partition coefficient (Wildman–Crippen LogP) is 1.67. The predicted molar refractivity (Wildman–Crippen MR) is 81.5 cm³/mol. The zero-order chi connectivity index (χ0) is 15.8. The minimum Gasteiger partial charge on any atom is -0.472 e. The molecule has 0 spiro atoms. The van der Waals surface area contributed by atoms with Gasteiger partial charge in [0.2, 0.25) is 5.91 Å². The van der Waals surface area contributed by atoms with E-state index in [4.69, 9.17) is 9.15 Å². The van der Waals surface area contributed by atoms with E-state index >= 15 is 0 Å². The summed E-state index contributed by atoms with van der Waals surface area (Å²) in [6, 6.07) is 1.67. The fourth-order valence-electron chi connectivity index (χ4n) is 2.59. The smallest absolute Gasteiger partial charge is 0.257 e. The summed E-state index contributed by atoms with van der Waals surface area (Å²) in [7, 11) is 0. The molecule has 6 heteroatoms. The Morgan fingerprint density at radius 1 is 1.41 bits per heavy atom. The fourth-order valence-corrected chi connectivity index (χ4v) is 2.59. The van der Waals surface area contributed by atoms with Crippen LogP contribution in [0.4, 0.5) is 0 Å². The van der Waals surface area contributed by atoms with Crippen LogP contribution >= 0.6 is 0 Å². The lowest BCUT2D eigenvalue weighted by molar-refractivity contribution is -0.126. The highest BCUT2D eigenvalue weighted by Gasteiger charge is 2.27. The number of carbonyl (C=O) groups excluding carboxylic acids is 2. The van der Waals surface area contributed by atoms with Gasteiger partial charge >= 0.3 is 0 Å². The molecule has 0 atom stereocenters. The molecule has 2 amide bonds. The van der Waals surface area contributed by atoms with Crippen molar-refractivity contribution in [1.29, 1.82) is 0 Å². The van der Waals surface area contributed by atoms with Crippen LogP contribution < -0.4 is 5.32 Å². The summed E-state index contributed by atoms with van der Waals surface area (Å²) in [6.45, 7) is 5.21. The molecule has 22 heavy (non-hydrogen) atoms. The van der Waals surface area contributed by atoms with Crippen molar-refractivity contribution in [2.45, 2.75) is 26.2 Å². The molecule has 1 saturated heterocycles. The van der Waals surface area contributed by atoms with Crippen molar-refractivity contribution in [2.75, 3.05) is 32.8 Å². The van der Waals surface area contributed by atoms with Gasteiger partial charge in [-0.05, 0) is 32.3 Å². The molecule has 1 aliphatic heterocycles. The van der Waals surface area contributed by atoms with Crippen LogP contribution in [0.5, 0.6) is 0 Å². The Morgan fingerprint density at radius 2 is 2.18 bits per heavy atom. The number of hydrogen-bond acceptors (Lipinski definition) is 4. The Kier molecular flexibility index (Phi) is 6.45. The molecule has 1 aliphatic rings. The normalized spacial score (nSPS) is 15.8. The van der Waals surface area contributed by atoms with Crippen molar-refractivity contribution in [2.24, 2.45) is 5.92 Å². The third kappa shape index (κ3) is 4.59. The number of carbonyl (C=O) groups is 2. The van der Waals surface area contributed by atoms with Crippen molar-refractivity contribution in [1.82, 2.24) is 10.2 Å². The van der Waals surface area contributed by atoms with Crippen LogP contribution in [-0.2, 0) is 9.53 Å². The van der Waals surface area contributed by atoms with Gasteiger partial charge in [0, 0.05) is 38.8 Å². The van der Waals surface area contributed by atoms with Gasteiger partial charge in [-0.1, -0.05) is 0 Å². The lowest BCUT2D eigenvalue weighted by atomic mass is 9.95. The van der Waals surface area contributed by atoms with Gasteiger partial charge in [0.15, 0.2) is 0 Å². The number of furan rings is 1. The van der Waals surface area contributed by atoms with Crippen molar-refractivity contribution in [3.05, 3.63) is 24.2 Å². The molecule has 0 unspecified atom stereocenters. The first kappa shape index (κ1) is 16.5. The largest absolute Gasteiger partial charge is 0.472 e. The van der Waals surface area contributed by atoms with Crippen molar-refractivity contribution in [3.8, 4) is 0 Å². The van der Waals surface area contributed by atoms with Gasteiger partial charge < -0.3 is 19.4 Å². The van der Waals surface area contributed by atoms with Crippen LogP contribution in [0.3, 0.4) is 0 Å². The number of likely N-dealkylation sites (tertiary alicyclic amines) is 1. The van der Waals surface area contributed by atoms with Crippen LogP contribution in [0.25, 0.3) is 0 Å². The molecule has 0 bridgehead atoms. The number of hydrogen-bond donors (Lipinski definition) is 1. The van der Waals surface area contributed by atoms with E-state index in [1.165, 1.54) is 12.5 Å². The Balaban J connectivity index is 1.68. The lowest BCUT2D eigenvalue weighted by Crippen LogP contribution is -2.43. The molecular formula is C16H24N2O4. The fraction of sp³-hybridized carbons (Fsp3) is 0.625. The summed E-state index contributed by atoms with van der Waals surface area (Å²) in [6.07, 6.45) is 5.20. The average molecular weight is 308 g/mol. The Hall–Kier alpha value is -1.82. The summed E-state index contributed by atoms with van der Waals surface area (Å²) >= 11 is 0. The molecule has 1 fully saturated rings. The molecule has 2 rings (SSSR count). The molecule has 0 radical (unpaired) electrons. The number of ether oxygens (including phenoxy) is 1. The molecular weight excluding hydrogens is 284 g/mol. The Morgan fingerprint density at radius 3 is 2.82 bits per heavy atom. The number of piperidine rings is 1. The van der Waals surface area contributed by atoms with E-state index in [-0.39, 0.29) is 17.7 Å². The van der Waals surface area contributed by atoms with Crippen LogP contribution in [0.1, 0.15) is 36.5 Å². The van der Waals surface area contributed by atoms with E-state index in [0.717, 1.165) is 6.42 Å². The zero-order valence-electron chi connectivity index (χ0n) is 13.0. The number of nitrogens with one attached hydrogen (secondary N) is 1. The summed E-state index contributed by atoms with van der Waals surface area (Å²) in [5.41, 5.74) is 0.568. The highest BCUT2D eigenvalue weighted by atomic mass is 16.5. The van der Waals surface area contributed by atoms with E-state index in [2.05, 4.69) is 5.32 Å². The van der Waals surface area contributed by atoms with Crippen molar-refractivity contribution < 1.29 is 18.7 Å². The van der Waals surface area contributed by atoms with E-state index in [9.17, 15) is 9.59 Å². The first-order chi connectivity index (χ1) is 10.7. The van der Waals surface area contributed by atoms with E-state index in [0.29, 0.717) is 51.3 Å². The second-order valence-electron chi connectivity index (χ2n) is 5.42. The summed E-state index contributed by atoms with van der Waals surface area (Å²) < 4.78 is 10.2. The quantitative estimate of drug-likeness (QED) is 0.778. The summed E-state index contributed by atoms with van der Waals surface area (Å²) in [5.74, 6) is 0.0664. The van der Waals surface area contributed by atoms with Gasteiger partial charge in [-0.15, -0.1) is 0 Å². The Bertz CT molecular complexity index is 465. The van der Waals surface area contributed by atoms with E-state index in [1.807, 2.05) is 6.92 Å². The maximum atomic E-state index is 12.2. The second-order valence-corrected chi connectivity index (χ2v) is 5.42. The Labute approximate surface area is 130 Å². The standard InChI is InChI=1S/C16H24N2O4/c1-2-21-10-3-7-17-15(19)13-4-8-18(9-5-13)16(20)14-6-11-22-12-14/h6,11-13H,2-5,7-10H2,1H3,(H,17,19).